The van der Waals surface area contributed by atoms with Crippen molar-refractivity contribution < 1.29 is 28.5 Å². The van der Waals surface area contributed by atoms with Gasteiger partial charge in [-0.1, -0.05) is 0 Å². The van der Waals surface area contributed by atoms with Crippen LogP contribution in [0.4, 0.5) is 10.7 Å². The first-order chi connectivity index (χ1) is 10.3. The van der Waals surface area contributed by atoms with Crippen molar-refractivity contribution in [2.75, 3.05) is 7.11 Å². The van der Waals surface area contributed by atoms with Gasteiger partial charge in [0.15, 0.2) is 0 Å². The summed E-state index contributed by atoms with van der Waals surface area (Å²) >= 11 is 0.611. The number of methoxy groups -OCH3 is 1. The number of amides is 2. The van der Waals surface area contributed by atoms with Crippen molar-refractivity contribution in [2.24, 2.45) is 0 Å². The number of esters is 1. The first-order valence-electron chi connectivity index (χ1n) is 5.94. The second kappa shape index (κ2) is 6.02. The summed E-state index contributed by atoms with van der Waals surface area (Å²) in [5.41, 5.74) is 0. The molecule has 1 aromatic rings. The number of hydrogen-bond acceptors (Lipinski definition) is 8. The van der Waals surface area contributed by atoms with Crippen molar-refractivity contribution in [3.63, 3.8) is 0 Å². The number of nitro groups is 1. The lowest BCUT2D eigenvalue weighted by atomic mass is 10.3. The summed E-state index contributed by atoms with van der Waals surface area (Å²) in [5, 5.41) is 9.89. The van der Waals surface area contributed by atoms with E-state index in [2.05, 4.69) is 4.74 Å². The fourth-order valence-corrected chi connectivity index (χ4v) is 2.63. The second-order valence-corrected chi connectivity index (χ2v) is 5.18. The van der Waals surface area contributed by atoms with Crippen LogP contribution in [0.15, 0.2) is 21.5 Å². The Morgan fingerprint density at radius 1 is 1.50 bits per heavy atom. The van der Waals surface area contributed by atoms with Crippen LogP contribution in [0.5, 0.6) is 0 Å². The number of ether oxygens (including phenoxy) is 1. The molecule has 22 heavy (non-hydrogen) atoms. The van der Waals surface area contributed by atoms with E-state index >= 15 is 0 Å². The lowest BCUT2D eigenvalue weighted by Gasteiger charge is -2.18. The van der Waals surface area contributed by atoms with Gasteiger partial charge in [-0.05, 0) is 24.8 Å². The second-order valence-electron chi connectivity index (χ2n) is 4.18. The third-order valence-corrected chi connectivity index (χ3v) is 3.70. The molecule has 1 aliphatic rings. The van der Waals surface area contributed by atoms with Crippen LogP contribution in [-0.2, 0) is 14.3 Å². The molecule has 1 aromatic heterocycles. The maximum Gasteiger partial charge on any atom is 0.433 e. The minimum Gasteiger partial charge on any atom is -0.467 e. The highest BCUT2D eigenvalue weighted by atomic mass is 32.2. The van der Waals surface area contributed by atoms with Crippen LogP contribution in [0.2, 0.25) is 0 Å². The summed E-state index contributed by atoms with van der Waals surface area (Å²) < 4.78 is 9.39. The molecule has 9 nitrogen and oxygen atoms in total. The summed E-state index contributed by atoms with van der Waals surface area (Å²) in [7, 11) is 1.15. The van der Waals surface area contributed by atoms with Crippen molar-refractivity contribution in [2.45, 2.75) is 13.0 Å². The highest BCUT2D eigenvalue weighted by Crippen LogP contribution is 2.34. The SMILES string of the molecule is COC(=O)[C@H](C)N1C(=O)S/C(=C/c2ccc([N+](=O)[O-])o2)C1=O. The van der Waals surface area contributed by atoms with Gasteiger partial charge in [0.25, 0.3) is 11.1 Å². The first kappa shape index (κ1) is 15.8. The van der Waals surface area contributed by atoms with Gasteiger partial charge in [-0.3, -0.25) is 24.6 Å². The van der Waals surface area contributed by atoms with Gasteiger partial charge in [0.05, 0.1) is 18.1 Å². The van der Waals surface area contributed by atoms with Crippen LogP contribution in [0.1, 0.15) is 12.7 Å². The Kier molecular flexibility index (Phi) is 4.31. The minimum absolute atomic E-state index is 0.00463. The Hall–Kier alpha value is -2.62. The van der Waals surface area contributed by atoms with Crippen LogP contribution >= 0.6 is 11.8 Å². The summed E-state index contributed by atoms with van der Waals surface area (Å²) in [5.74, 6) is -1.83. The number of nitrogens with zero attached hydrogens (tertiary/aromatic N) is 2. The molecule has 0 aliphatic carbocycles. The zero-order chi connectivity index (χ0) is 16.4. The van der Waals surface area contributed by atoms with E-state index in [1.54, 1.807) is 0 Å². The van der Waals surface area contributed by atoms with Crippen molar-refractivity contribution in [1.29, 1.82) is 0 Å². The quantitative estimate of drug-likeness (QED) is 0.355. The first-order valence-corrected chi connectivity index (χ1v) is 6.76. The summed E-state index contributed by atoms with van der Waals surface area (Å²) in [6, 6.07) is 1.37. The van der Waals surface area contributed by atoms with Gasteiger partial charge in [-0.25, -0.2) is 4.79 Å². The predicted molar refractivity (Wildman–Crippen MR) is 74.7 cm³/mol. The Labute approximate surface area is 128 Å². The Bertz CT molecular complexity index is 693. The molecule has 116 valence electrons. The lowest BCUT2D eigenvalue weighted by molar-refractivity contribution is -0.402. The number of hydrogen-bond donors (Lipinski definition) is 0. The van der Waals surface area contributed by atoms with Crippen LogP contribution in [-0.4, -0.2) is 40.1 Å². The molecule has 0 radical (unpaired) electrons. The fourth-order valence-electron chi connectivity index (χ4n) is 1.74. The average Bonchev–Trinajstić information content (AvgIpc) is 3.04. The molecule has 2 heterocycles. The molecule has 1 fully saturated rings. The van der Waals surface area contributed by atoms with E-state index in [4.69, 9.17) is 4.42 Å². The molecular weight excluding hydrogens is 316 g/mol. The molecule has 2 amide bonds. The largest absolute Gasteiger partial charge is 0.467 e. The monoisotopic (exact) mass is 326 g/mol. The van der Waals surface area contributed by atoms with E-state index in [-0.39, 0.29) is 10.7 Å². The lowest BCUT2D eigenvalue weighted by Crippen LogP contribution is -2.42. The minimum atomic E-state index is -1.06. The molecule has 1 saturated heterocycles. The molecular formula is C12H10N2O7S. The van der Waals surface area contributed by atoms with Crippen molar-refractivity contribution in [3.8, 4) is 0 Å². The molecule has 0 aromatic carbocycles. The van der Waals surface area contributed by atoms with E-state index < -0.39 is 34.0 Å². The van der Waals surface area contributed by atoms with Crippen molar-refractivity contribution in [3.05, 3.63) is 32.9 Å². The number of carbonyl (C=O) groups excluding carboxylic acids is 3. The highest BCUT2D eigenvalue weighted by molar-refractivity contribution is 8.18. The topological polar surface area (TPSA) is 120 Å². The molecule has 1 atom stereocenters. The van der Waals surface area contributed by atoms with E-state index in [9.17, 15) is 24.5 Å². The molecule has 0 bridgehead atoms. The van der Waals surface area contributed by atoms with Gasteiger partial charge in [0.1, 0.15) is 16.7 Å². The van der Waals surface area contributed by atoms with Gasteiger partial charge in [0.2, 0.25) is 0 Å². The molecule has 2 rings (SSSR count). The van der Waals surface area contributed by atoms with Gasteiger partial charge in [-0.2, -0.15) is 0 Å². The smallest absolute Gasteiger partial charge is 0.433 e. The molecule has 0 saturated carbocycles. The standard InChI is InChI=1S/C12H10N2O7S/c1-6(11(16)20-2)13-10(15)8(22-12(13)17)5-7-3-4-9(21-7)14(18)19/h3-6H,1-2H3/b8-5+/t6-/m0/s1. The molecule has 0 unspecified atom stereocenters. The third-order valence-electron chi connectivity index (χ3n) is 2.82. The number of rotatable bonds is 4. The van der Waals surface area contributed by atoms with Crippen LogP contribution < -0.4 is 0 Å². The molecule has 0 N–H and O–H groups in total. The van der Waals surface area contributed by atoms with Crippen LogP contribution in [0.3, 0.4) is 0 Å². The van der Waals surface area contributed by atoms with Crippen LogP contribution in [0.25, 0.3) is 6.08 Å². The highest BCUT2D eigenvalue weighted by Gasteiger charge is 2.41. The third kappa shape index (κ3) is 2.86. The zero-order valence-corrected chi connectivity index (χ0v) is 12.3. The van der Waals surface area contributed by atoms with E-state index in [0.29, 0.717) is 11.8 Å². The fraction of sp³-hybridized carbons (Fsp3) is 0.250. The predicted octanol–water partition coefficient (Wildman–Crippen LogP) is 1.79. The summed E-state index contributed by atoms with van der Waals surface area (Å²) in [4.78, 5) is 46.0. The molecule has 1 aliphatic heterocycles. The van der Waals surface area contributed by atoms with Gasteiger partial charge < -0.3 is 9.15 Å². The van der Waals surface area contributed by atoms with E-state index in [0.717, 1.165) is 18.1 Å². The molecule has 0 spiro atoms. The number of carbonyl (C=O) groups is 3. The Morgan fingerprint density at radius 2 is 2.18 bits per heavy atom. The molecule has 10 heteroatoms. The van der Waals surface area contributed by atoms with Crippen molar-refractivity contribution >= 4 is 40.8 Å². The number of furan rings is 1. The maximum atomic E-state index is 12.2. The van der Waals surface area contributed by atoms with Crippen molar-refractivity contribution in [1.82, 2.24) is 4.90 Å². The zero-order valence-electron chi connectivity index (χ0n) is 11.5. The van der Waals surface area contributed by atoms with Gasteiger partial charge in [0, 0.05) is 6.08 Å². The van der Waals surface area contributed by atoms with Gasteiger partial charge in [-0.15, -0.1) is 0 Å². The summed E-state index contributed by atoms with van der Waals surface area (Å²) in [6.45, 7) is 1.36. The Balaban J connectivity index is 2.25. The average molecular weight is 326 g/mol. The van der Waals surface area contributed by atoms with E-state index in [1.807, 2.05) is 0 Å². The Morgan fingerprint density at radius 3 is 2.73 bits per heavy atom. The number of imide groups is 1. The van der Waals surface area contributed by atoms with Gasteiger partial charge >= 0.3 is 11.9 Å². The van der Waals surface area contributed by atoms with Crippen LogP contribution in [0, 0.1) is 10.1 Å². The number of thioether (sulfide) groups is 1. The van der Waals surface area contributed by atoms with E-state index in [1.165, 1.54) is 19.1 Å². The normalized spacial score (nSPS) is 17.9. The summed E-state index contributed by atoms with van der Waals surface area (Å²) in [6.07, 6.45) is 1.21. The maximum absolute atomic E-state index is 12.2.